The zero-order valence-corrected chi connectivity index (χ0v) is 12.9. The Balaban J connectivity index is 1.90. The number of carbonyl (C=O) groups is 1. The summed E-state index contributed by atoms with van der Waals surface area (Å²) in [5.74, 6) is -0.403. The van der Waals surface area contributed by atoms with Crippen LogP contribution in [0.1, 0.15) is 35.3 Å². The molecule has 0 aromatic heterocycles. The highest BCUT2D eigenvalue weighted by atomic mass is 16.7. The summed E-state index contributed by atoms with van der Waals surface area (Å²) < 4.78 is 10.9. The minimum Gasteiger partial charge on any atom is -0.435 e. The third-order valence-electron chi connectivity index (χ3n) is 3.46. The predicted octanol–water partition coefficient (Wildman–Crippen LogP) is 4.40. The van der Waals surface area contributed by atoms with E-state index in [1.165, 1.54) is 0 Å². The number of carbonyl (C=O) groups excluding carboxylic acids is 1. The fraction of sp³-hybridized carbons (Fsp3) is 0.211. The van der Waals surface area contributed by atoms with Crippen molar-refractivity contribution < 1.29 is 14.3 Å². The first-order valence-electron chi connectivity index (χ1n) is 7.12. The van der Waals surface area contributed by atoms with Gasteiger partial charge in [-0.25, -0.2) is 4.79 Å². The van der Waals surface area contributed by atoms with Crippen LogP contribution in [-0.4, -0.2) is 12.8 Å². The normalized spacial score (nSPS) is 11.0. The molecule has 22 heavy (non-hydrogen) atoms. The molecule has 0 aliphatic carbocycles. The highest BCUT2D eigenvalue weighted by molar-refractivity contribution is 5.89. The van der Waals surface area contributed by atoms with Crippen LogP contribution in [0, 0.1) is 0 Å². The van der Waals surface area contributed by atoms with Gasteiger partial charge < -0.3 is 9.47 Å². The molecule has 2 aromatic rings. The molecular weight excluding hydrogens is 276 g/mol. The van der Waals surface area contributed by atoms with Gasteiger partial charge in [0, 0.05) is 0 Å². The maximum absolute atomic E-state index is 11.9. The van der Waals surface area contributed by atoms with Crippen LogP contribution in [0.3, 0.4) is 0 Å². The van der Waals surface area contributed by atoms with Gasteiger partial charge in [-0.15, -0.1) is 0 Å². The first-order valence-corrected chi connectivity index (χ1v) is 7.12. The first kappa shape index (κ1) is 16.0. The molecule has 0 N–H and O–H groups in total. The van der Waals surface area contributed by atoms with Gasteiger partial charge in [0.25, 0.3) is 0 Å². The summed E-state index contributed by atoms with van der Waals surface area (Å²) in [6, 6.07) is 16.9. The number of hydrogen-bond acceptors (Lipinski definition) is 3. The second kappa shape index (κ2) is 7.05. The zero-order chi connectivity index (χ0) is 16.0. The van der Waals surface area contributed by atoms with E-state index < -0.39 is 11.6 Å². The Morgan fingerprint density at radius 3 is 2.32 bits per heavy atom. The summed E-state index contributed by atoms with van der Waals surface area (Å²) in [4.78, 5) is 11.9. The fourth-order valence-corrected chi connectivity index (χ4v) is 1.99. The molecule has 2 aromatic carbocycles. The monoisotopic (exact) mass is 296 g/mol. The first-order chi connectivity index (χ1) is 10.5. The Morgan fingerprint density at radius 1 is 1.09 bits per heavy atom. The second-order valence-electron chi connectivity index (χ2n) is 5.40. The molecule has 0 aliphatic heterocycles. The number of hydrogen-bond donors (Lipinski definition) is 0. The van der Waals surface area contributed by atoms with Gasteiger partial charge >= 0.3 is 5.97 Å². The Hall–Kier alpha value is -2.39. The van der Waals surface area contributed by atoms with Crippen molar-refractivity contribution in [3.05, 3.63) is 77.9 Å². The van der Waals surface area contributed by atoms with Crippen LogP contribution in [0.2, 0.25) is 0 Å². The molecule has 0 fully saturated rings. The lowest BCUT2D eigenvalue weighted by Crippen LogP contribution is -2.24. The van der Waals surface area contributed by atoms with E-state index in [1.54, 1.807) is 18.2 Å². The fourth-order valence-electron chi connectivity index (χ4n) is 1.99. The van der Waals surface area contributed by atoms with E-state index in [-0.39, 0.29) is 6.79 Å². The van der Waals surface area contributed by atoms with Crippen molar-refractivity contribution in [1.82, 2.24) is 0 Å². The summed E-state index contributed by atoms with van der Waals surface area (Å²) in [6.07, 6.45) is 1.72. The van der Waals surface area contributed by atoms with Crippen LogP contribution < -0.4 is 0 Å². The summed E-state index contributed by atoms with van der Waals surface area (Å²) in [7, 11) is 0. The lowest BCUT2D eigenvalue weighted by atomic mass is 9.98. The number of esters is 1. The lowest BCUT2D eigenvalue weighted by Gasteiger charge is -2.25. The van der Waals surface area contributed by atoms with Crippen LogP contribution in [0.25, 0.3) is 6.08 Å². The molecule has 0 spiro atoms. The highest BCUT2D eigenvalue weighted by Gasteiger charge is 2.21. The average Bonchev–Trinajstić information content (AvgIpc) is 2.55. The summed E-state index contributed by atoms with van der Waals surface area (Å²) in [5.41, 5.74) is 1.96. The quantitative estimate of drug-likeness (QED) is 0.585. The maximum atomic E-state index is 11.9. The van der Waals surface area contributed by atoms with Crippen molar-refractivity contribution in [1.29, 1.82) is 0 Å². The van der Waals surface area contributed by atoms with E-state index in [0.717, 1.165) is 11.1 Å². The molecule has 0 atom stereocenters. The minimum atomic E-state index is -0.520. The lowest BCUT2D eigenvalue weighted by molar-refractivity contribution is -0.109. The standard InChI is InChI=1S/C19H20O3/c1-4-15-10-12-16(13-11-15)18(20)21-14-22-19(2,3)17-8-6-5-7-9-17/h4-13H,1,14H2,2-3H3. The van der Waals surface area contributed by atoms with Crippen LogP contribution in [0.15, 0.2) is 61.2 Å². The van der Waals surface area contributed by atoms with Crippen molar-refractivity contribution in [2.45, 2.75) is 19.4 Å². The van der Waals surface area contributed by atoms with Crippen LogP contribution >= 0.6 is 0 Å². The molecule has 2 rings (SSSR count). The van der Waals surface area contributed by atoms with Gasteiger partial charge in [0.2, 0.25) is 0 Å². The predicted molar refractivity (Wildman–Crippen MR) is 87.4 cm³/mol. The third kappa shape index (κ3) is 4.06. The van der Waals surface area contributed by atoms with Crippen molar-refractivity contribution in [3.8, 4) is 0 Å². The summed E-state index contributed by atoms with van der Waals surface area (Å²) in [6.45, 7) is 7.46. The Labute approximate surface area is 131 Å². The van der Waals surface area contributed by atoms with Gasteiger partial charge in [-0.2, -0.15) is 0 Å². The Morgan fingerprint density at radius 2 is 1.73 bits per heavy atom. The second-order valence-corrected chi connectivity index (χ2v) is 5.40. The molecule has 0 aliphatic rings. The van der Waals surface area contributed by atoms with Crippen molar-refractivity contribution >= 4 is 12.0 Å². The molecule has 0 unspecified atom stereocenters. The van der Waals surface area contributed by atoms with Crippen LogP contribution in [0.5, 0.6) is 0 Å². The molecule has 0 saturated carbocycles. The molecule has 0 heterocycles. The maximum Gasteiger partial charge on any atom is 0.340 e. The third-order valence-corrected chi connectivity index (χ3v) is 3.46. The van der Waals surface area contributed by atoms with Crippen molar-refractivity contribution in [3.63, 3.8) is 0 Å². The average molecular weight is 296 g/mol. The number of rotatable bonds is 6. The Bertz CT molecular complexity index is 627. The number of ether oxygens (including phenoxy) is 2. The molecule has 0 bridgehead atoms. The topological polar surface area (TPSA) is 35.5 Å². The molecule has 3 heteroatoms. The highest BCUT2D eigenvalue weighted by Crippen LogP contribution is 2.24. The molecule has 0 saturated heterocycles. The van der Waals surface area contributed by atoms with Gasteiger partial charge in [-0.1, -0.05) is 55.1 Å². The zero-order valence-electron chi connectivity index (χ0n) is 12.9. The van der Waals surface area contributed by atoms with E-state index in [0.29, 0.717) is 5.56 Å². The SMILES string of the molecule is C=Cc1ccc(C(=O)OCOC(C)(C)c2ccccc2)cc1. The van der Waals surface area contributed by atoms with Crippen LogP contribution in [-0.2, 0) is 15.1 Å². The van der Waals surface area contributed by atoms with Gasteiger partial charge in [-0.05, 0) is 37.1 Å². The van der Waals surface area contributed by atoms with Gasteiger partial charge in [0.05, 0.1) is 11.2 Å². The van der Waals surface area contributed by atoms with Crippen molar-refractivity contribution in [2.75, 3.05) is 6.79 Å². The van der Waals surface area contributed by atoms with E-state index in [9.17, 15) is 4.79 Å². The summed E-state index contributed by atoms with van der Waals surface area (Å²) >= 11 is 0. The van der Waals surface area contributed by atoms with E-state index >= 15 is 0 Å². The van der Waals surface area contributed by atoms with Gasteiger partial charge in [0.1, 0.15) is 0 Å². The van der Waals surface area contributed by atoms with E-state index in [2.05, 4.69) is 6.58 Å². The molecule has 0 amide bonds. The smallest absolute Gasteiger partial charge is 0.340 e. The molecule has 0 radical (unpaired) electrons. The molecular formula is C19H20O3. The number of benzene rings is 2. The van der Waals surface area contributed by atoms with E-state index in [1.807, 2.05) is 56.3 Å². The van der Waals surface area contributed by atoms with Crippen molar-refractivity contribution in [2.24, 2.45) is 0 Å². The van der Waals surface area contributed by atoms with E-state index in [4.69, 9.17) is 9.47 Å². The van der Waals surface area contributed by atoms with Crippen LogP contribution in [0.4, 0.5) is 0 Å². The molecule has 3 nitrogen and oxygen atoms in total. The Kier molecular flexibility index (Phi) is 5.12. The largest absolute Gasteiger partial charge is 0.435 e. The molecule has 114 valence electrons. The van der Waals surface area contributed by atoms with Gasteiger partial charge in [-0.3, -0.25) is 0 Å². The summed E-state index contributed by atoms with van der Waals surface area (Å²) in [5, 5.41) is 0. The van der Waals surface area contributed by atoms with Gasteiger partial charge in [0.15, 0.2) is 6.79 Å². The minimum absolute atomic E-state index is 0.0933.